The maximum Gasteiger partial charge on any atom is 0.0715 e. The van der Waals surface area contributed by atoms with Gasteiger partial charge in [-0.05, 0) is 30.5 Å². The number of rotatable bonds is 4. The zero-order chi connectivity index (χ0) is 13.8. The summed E-state index contributed by atoms with van der Waals surface area (Å²) in [6.45, 7) is 6.96. The highest BCUT2D eigenvalue weighted by Gasteiger charge is 2.18. The number of nitrogens with one attached hydrogen (secondary N) is 1. The molecule has 1 fully saturated rings. The molecule has 1 saturated heterocycles. The minimum atomic E-state index is -0.185. The first-order chi connectivity index (χ1) is 9.06. The van der Waals surface area contributed by atoms with Crippen LogP contribution in [0.3, 0.4) is 0 Å². The Morgan fingerprint density at radius 2 is 2.26 bits per heavy atom. The number of piperidine rings is 1. The number of halogens is 1. The first kappa shape index (κ1) is 14.8. The van der Waals surface area contributed by atoms with Gasteiger partial charge < -0.3 is 15.3 Å². The number of benzene rings is 1. The average molecular weight is 327 g/mol. The van der Waals surface area contributed by atoms with Crippen molar-refractivity contribution in [1.82, 2.24) is 5.32 Å². The van der Waals surface area contributed by atoms with Gasteiger partial charge in [0.15, 0.2) is 0 Å². The van der Waals surface area contributed by atoms with Crippen molar-refractivity contribution >= 4 is 21.6 Å². The lowest BCUT2D eigenvalue weighted by Gasteiger charge is -2.32. The Labute approximate surface area is 124 Å². The summed E-state index contributed by atoms with van der Waals surface area (Å²) in [5, 5.41) is 13.2. The maximum absolute atomic E-state index is 9.75. The number of hydrogen-bond acceptors (Lipinski definition) is 3. The average Bonchev–Trinajstić information content (AvgIpc) is 2.37. The van der Waals surface area contributed by atoms with Gasteiger partial charge in [0.1, 0.15) is 0 Å². The number of hydrogen-bond donors (Lipinski definition) is 2. The fraction of sp³-hybridized carbons (Fsp3) is 0.600. The summed E-state index contributed by atoms with van der Waals surface area (Å²) in [6, 6.07) is 6.97. The highest BCUT2D eigenvalue weighted by Crippen LogP contribution is 2.26. The van der Waals surface area contributed by atoms with Crippen molar-refractivity contribution in [3.63, 3.8) is 0 Å². The van der Waals surface area contributed by atoms with Crippen molar-refractivity contribution in [3.8, 4) is 0 Å². The predicted molar refractivity (Wildman–Crippen MR) is 83.6 cm³/mol. The molecule has 106 valence electrons. The van der Waals surface area contributed by atoms with E-state index in [4.69, 9.17) is 0 Å². The van der Waals surface area contributed by atoms with E-state index in [1.165, 1.54) is 11.3 Å². The van der Waals surface area contributed by atoms with Gasteiger partial charge in [0, 0.05) is 35.8 Å². The summed E-state index contributed by atoms with van der Waals surface area (Å²) in [4.78, 5) is 2.26. The van der Waals surface area contributed by atoms with Crippen molar-refractivity contribution in [2.24, 2.45) is 0 Å². The Morgan fingerprint density at radius 1 is 1.47 bits per heavy atom. The van der Waals surface area contributed by atoms with E-state index in [0.717, 1.165) is 36.9 Å². The SMILES string of the molecule is CC(C)NCc1ccc(N2CCCC(O)C2)cc1Br. The third kappa shape index (κ3) is 4.20. The number of aliphatic hydroxyl groups is 1. The standard InChI is InChI=1S/C15H23BrN2O/c1-11(2)17-9-12-5-6-13(8-15(12)16)18-7-3-4-14(19)10-18/h5-6,8,11,14,17,19H,3-4,7,9-10H2,1-2H3. The largest absolute Gasteiger partial charge is 0.391 e. The van der Waals surface area contributed by atoms with Crippen molar-refractivity contribution in [2.45, 2.75) is 45.4 Å². The van der Waals surface area contributed by atoms with E-state index in [9.17, 15) is 5.11 Å². The summed E-state index contributed by atoms with van der Waals surface area (Å²) in [5.74, 6) is 0. The molecule has 0 radical (unpaired) electrons. The van der Waals surface area contributed by atoms with Crippen LogP contribution in [-0.4, -0.2) is 30.3 Å². The Bertz CT molecular complexity index is 423. The summed E-state index contributed by atoms with van der Waals surface area (Å²) in [6.07, 6.45) is 1.80. The number of β-amino-alcohol motifs (C(OH)–C–C–N with tert-alkyl or cyclic N) is 1. The Kier molecular flexibility index (Phi) is 5.25. The summed E-state index contributed by atoms with van der Waals surface area (Å²) >= 11 is 3.65. The molecule has 3 nitrogen and oxygen atoms in total. The fourth-order valence-electron chi connectivity index (χ4n) is 2.38. The molecule has 1 unspecified atom stereocenters. The van der Waals surface area contributed by atoms with Crippen molar-refractivity contribution < 1.29 is 5.11 Å². The summed E-state index contributed by atoms with van der Waals surface area (Å²) in [5.41, 5.74) is 2.47. The second-order valence-corrected chi connectivity index (χ2v) is 6.41. The normalized spacial score (nSPS) is 20.1. The molecule has 0 aliphatic carbocycles. The molecule has 2 rings (SSSR count). The van der Waals surface area contributed by atoms with Crippen LogP contribution in [-0.2, 0) is 6.54 Å². The molecule has 19 heavy (non-hydrogen) atoms. The summed E-state index contributed by atoms with van der Waals surface area (Å²) < 4.78 is 1.14. The number of aliphatic hydroxyl groups excluding tert-OH is 1. The van der Waals surface area contributed by atoms with Crippen LogP contribution < -0.4 is 10.2 Å². The van der Waals surface area contributed by atoms with Crippen LogP contribution in [0.1, 0.15) is 32.3 Å². The summed E-state index contributed by atoms with van der Waals surface area (Å²) in [7, 11) is 0. The zero-order valence-electron chi connectivity index (χ0n) is 11.7. The van der Waals surface area contributed by atoms with Crippen LogP contribution in [0.5, 0.6) is 0 Å². The fourth-order valence-corrected chi connectivity index (χ4v) is 2.89. The van der Waals surface area contributed by atoms with Crippen LogP contribution in [0, 0.1) is 0 Å². The van der Waals surface area contributed by atoms with Crippen molar-refractivity contribution in [3.05, 3.63) is 28.2 Å². The molecule has 1 atom stereocenters. The minimum absolute atomic E-state index is 0.185. The van der Waals surface area contributed by atoms with Gasteiger partial charge in [0.25, 0.3) is 0 Å². The quantitative estimate of drug-likeness (QED) is 0.893. The van der Waals surface area contributed by atoms with Gasteiger partial charge in [-0.15, -0.1) is 0 Å². The lowest BCUT2D eigenvalue weighted by Crippen LogP contribution is -2.38. The van der Waals surface area contributed by atoms with Crippen LogP contribution in [0.25, 0.3) is 0 Å². The molecule has 0 aromatic heterocycles. The van der Waals surface area contributed by atoms with E-state index in [1.54, 1.807) is 0 Å². The van der Waals surface area contributed by atoms with Crippen LogP contribution in [0.15, 0.2) is 22.7 Å². The second-order valence-electron chi connectivity index (χ2n) is 5.55. The van der Waals surface area contributed by atoms with Gasteiger partial charge >= 0.3 is 0 Å². The molecule has 1 aromatic carbocycles. The van der Waals surface area contributed by atoms with Gasteiger partial charge in [-0.2, -0.15) is 0 Å². The Balaban J connectivity index is 2.05. The minimum Gasteiger partial charge on any atom is -0.391 e. The monoisotopic (exact) mass is 326 g/mol. The van der Waals surface area contributed by atoms with Gasteiger partial charge in [-0.3, -0.25) is 0 Å². The van der Waals surface area contributed by atoms with Gasteiger partial charge in [0.05, 0.1) is 6.10 Å². The predicted octanol–water partition coefficient (Wildman–Crippen LogP) is 2.91. The first-order valence-electron chi connectivity index (χ1n) is 7.01. The second kappa shape index (κ2) is 6.73. The topological polar surface area (TPSA) is 35.5 Å². The molecule has 1 aliphatic heterocycles. The van der Waals surface area contributed by atoms with E-state index in [2.05, 4.69) is 58.2 Å². The van der Waals surface area contributed by atoms with E-state index < -0.39 is 0 Å². The van der Waals surface area contributed by atoms with E-state index in [1.807, 2.05) is 0 Å². The molecule has 0 spiro atoms. The molecule has 0 bridgehead atoms. The molecule has 4 heteroatoms. The Hall–Kier alpha value is -0.580. The molecule has 1 aliphatic rings. The van der Waals surface area contributed by atoms with Crippen LogP contribution in [0.2, 0.25) is 0 Å². The lowest BCUT2D eigenvalue weighted by atomic mass is 10.1. The molecular formula is C15H23BrN2O. The number of anilines is 1. The number of nitrogens with zero attached hydrogens (tertiary/aromatic N) is 1. The first-order valence-corrected chi connectivity index (χ1v) is 7.80. The van der Waals surface area contributed by atoms with E-state index >= 15 is 0 Å². The van der Waals surface area contributed by atoms with Crippen molar-refractivity contribution in [2.75, 3.05) is 18.0 Å². The lowest BCUT2D eigenvalue weighted by molar-refractivity contribution is 0.154. The Morgan fingerprint density at radius 3 is 2.89 bits per heavy atom. The molecule has 1 heterocycles. The van der Waals surface area contributed by atoms with Crippen LogP contribution >= 0.6 is 15.9 Å². The highest BCUT2D eigenvalue weighted by molar-refractivity contribution is 9.10. The highest BCUT2D eigenvalue weighted by atomic mass is 79.9. The third-order valence-corrected chi connectivity index (χ3v) is 4.24. The maximum atomic E-state index is 9.75. The van der Waals surface area contributed by atoms with E-state index in [-0.39, 0.29) is 6.10 Å². The molecule has 0 amide bonds. The molecule has 1 aromatic rings. The van der Waals surface area contributed by atoms with Gasteiger partial charge in [-0.1, -0.05) is 35.8 Å². The van der Waals surface area contributed by atoms with Gasteiger partial charge in [0.2, 0.25) is 0 Å². The smallest absolute Gasteiger partial charge is 0.0715 e. The third-order valence-electron chi connectivity index (χ3n) is 3.50. The van der Waals surface area contributed by atoms with E-state index in [0.29, 0.717) is 6.04 Å². The molecule has 2 N–H and O–H groups in total. The van der Waals surface area contributed by atoms with Gasteiger partial charge in [-0.25, -0.2) is 0 Å². The molecular weight excluding hydrogens is 304 g/mol. The van der Waals surface area contributed by atoms with Crippen LogP contribution in [0.4, 0.5) is 5.69 Å². The zero-order valence-corrected chi connectivity index (χ0v) is 13.3. The van der Waals surface area contributed by atoms with Crippen molar-refractivity contribution in [1.29, 1.82) is 0 Å². The molecule has 0 saturated carbocycles.